The molecular weight excluding hydrogens is 261 g/mol. The average molecular weight is 281 g/mol. The van der Waals surface area contributed by atoms with E-state index in [9.17, 15) is 0 Å². The molecule has 0 saturated carbocycles. The summed E-state index contributed by atoms with van der Waals surface area (Å²) >= 11 is 6.10. The molecule has 0 aromatic heterocycles. The smallest absolute Gasteiger partial charge is 0.156 e. The molecule has 0 fully saturated rings. The first-order chi connectivity index (χ1) is 8.55. The van der Waals surface area contributed by atoms with Gasteiger partial charge >= 0.3 is 0 Å². The molecular formula is C13H20N3PS. The largest absolute Gasteiger partial charge is 0.361 e. The molecule has 0 saturated heterocycles. The highest BCUT2D eigenvalue weighted by Gasteiger charge is 2.39. The summed E-state index contributed by atoms with van der Waals surface area (Å²) in [6.45, 7) is 6.28. The molecule has 0 bridgehead atoms. The van der Waals surface area contributed by atoms with Crippen molar-refractivity contribution < 1.29 is 0 Å². The van der Waals surface area contributed by atoms with Crippen LogP contribution in [0.3, 0.4) is 0 Å². The van der Waals surface area contributed by atoms with E-state index in [-0.39, 0.29) is 0 Å². The van der Waals surface area contributed by atoms with Gasteiger partial charge in [-0.05, 0) is 12.1 Å². The molecule has 0 radical (unpaired) electrons. The number of amidine groups is 1. The van der Waals surface area contributed by atoms with Crippen molar-refractivity contribution in [3.63, 3.8) is 0 Å². The fourth-order valence-corrected chi connectivity index (χ4v) is 7.22. The molecule has 18 heavy (non-hydrogen) atoms. The lowest BCUT2D eigenvalue weighted by molar-refractivity contribution is 0.510. The number of hydrogen-bond donors (Lipinski definition) is 0. The monoisotopic (exact) mass is 281 g/mol. The number of hydrogen-bond acceptors (Lipinski definition) is 3. The van der Waals surface area contributed by atoms with Crippen LogP contribution in [0.2, 0.25) is 0 Å². The summed E-state index contributed by atoms with van der Waals surface area (Å²) < 4.78 is 2.40. The third-order valence-corrected chi connectivity index (χ3v) is 8.44. The van der Waals surface area contributed by atoms with Crippen LogP contribution in [-0.4, -0.2) is 42.3 Å². The Labute approximate surface area is 115 Å². The van der Waals surface area contributed by atoms with E-state index < -0.39 is 6.19 Å². The fraction of sp³-hybridized carbons (Fsp3) is 0.462. The highest BCUT2D eigenvalue weighted by atomic mass is 32.4. The van der Waals surface area contributed by atoms with Crippen LogP contribution in [0.5, 0.6) is 0 Å². The number of rotatable bonds is 3. The summed E-state index contributed by atoms with van der Waals surface area (Å²) in [5, 5.41) is 1.24. The summed E-state index contributed by atoms with van der Waals surface area (Å²) in [6.07, 6.45) is -1.89. The molecule has 0 N–H and O–H groups in total. The summed E-state index contributed by atoms with van der Waals surface area (Å²) in [7, 11) is 4.07. The maximum Gasteiger partial charge on any atom is 0.156 e. The zero-order valence-corrected chi connectivity index (χ0v) is 13.1. The minimum atomic E-state index is -1.89. The minimum Gasteiger partial charge on any atom is -0.361 e. The SMILES string of the molecule is CCN(CC)[P@@]1(=S)C(N(C)C)=Nc2ccccc21. The topological polar surface area (TPSA) is 18.8 Å². The van der Waals surface area contributed by atoms with Crippen molar-refractivity contribution in [2.75, 3.05) is 27.2 Å². The van der Waals surface area contributed by atoms with E-state index in [1.807, 2.05) is 20.2 Å². The Balaban J connectivity index is 2.62. The molecule has 0 spiro atoms. The summed E-state index contributed by atoms with van der Waals surface area (Å²) in [4.78, 5) is 6.85. The standard InChI is InChI=1S/C13H20N3PS/c1-5-16(6-2)17(18)12-10-8-7-9-11(12)14-13(17)15(3)4/h7-10H,5-6H2,1-4H3/t17-/m0/s1. The lowest BCUT2D eigenvalue weighted by Gasteiger charge is -2.34. The van der Waals surface area contributed by atoms with Gasteiger partial charge in [-0.2, -0.15) is 0 Å². The van der Waals surface area contributed by atoms with Crippen molar-refractivity contribution in [2.45, 2.75) is 13.8 Å². The highest BCUT2D eigenvalue weighted by Crippen LogP contribution is 2.56. The maximum absolute atomic E-state index is 6.10. The summed E-state index contributed by atoms with van der Waals surface area (Å²) in [5.74, 6) is 0. The fourth-order valence-electron chi connectivity index (χ4n) is 2.37. The number of nitrogens with zero attached hydrogens (tertiary/aromatic N) is 3. The predicted molar refractivity (Wildman–Crippen MR) is 84.1 cm³/mol. The molecule has 1 aliphatic heterocycles. The first kappa shape index (κ1) is 13.7. The molecule has 5 heteroatoms. The Hall–Kier alpha value is -0.700. The van der Waals surface area contributed by atoms with Gasteiger partial charge in [0.1, 0.15) is 6.19 Å². The molecule has 0 amide bonds. The normalized spacial score (nSPS) is 21.9. The molecule has 0 unspecified atom stereocenters. The Kier molecular flexibility index (Phi) is 3.90. The first-order valence-corrected chi connectivity index (χ1v) is 9.02. The van der Waals surface area contributed by atoms with E-state index >= 15 is 0 Å². The van der Waals surface area contributed by atoms with Crippen LogP contribution in [0.4, 0.5) is 5.69 Å². The first-order valence-electron chi connectivity index (χ1n) is 6.27. The van der Waals surface area contributed by atoms with Crippen LogP contribution in [0, 0.1) is 0 Å². The molecule has 2 rings (SSSR count). The van der Waals surface area contributed by atoms with E-state index in [1.54, 1.807) is 0 Å². The van der Waals surface area contributed by atoms with Gasteiger partial charge < -0.3 is 4.90 Å². The van der Waals surface area contributed by atoms with Gasteiger partial charge in [0.15, 0.2) is 5.58 Å². The molecule has 1 aromatic carbocycles. The van der Waals surface area contributed by atoms with Gasteiger partial charge in [-0.25, -0.2) is 4.99 Å². The van der Waals surface area contributed by atoms with Crippen molar-refractivity contribution in [3.8, 4) is 0 Å². The van der Waals surface area contributed by atoms with Crippen molar-refractivity contribution in [1.29, 1.82) is 0 Å². The maximum atomic E-state index is 6.10. The third kappa shape index (κ3) is 1.93. The Morgan fingerprint density at radius 1 is 1.17 bits per heavy atom. The molecule has 0 aliphatic carbocycles. The van der Waals surface area contributed by atoms with Gasteiger partial charge in [0.05, 0.1) is 5.69 Å². The van der Waals surface area contributed by atoms with E-state index in [4.69, 9.17) is 16.8 Å². The van der Waals surface area contributed by atoms with Gasteiger partial charge in [-0.15, -0.1) is 0 Å². The average Bonchev–Trinajstić information content (AvgIpc) is 2.66. The summed E-state index contributed by atoms with van der Waals surface area (Å²) in [6, 6.07) is 8.31. The summed E-state index contributed by atoms with van der Waals surface area (Å²) in [5.41, 5.74) is 2.11. The van der Waals surface area contributed by atoms with E-state index in [0.29, 0.717) is 0 Å². The predicted octanol–water partition coefficient (Wildman–Crippen LogP) is 2.61. The zero-order chi connectivity index (χ0) is 13.3. The highest BCUT2D eigenvalue weighted by molar-refractivity contribution is 8.25. The Morgan fingerprint density at radius 3 is 2.33 bits per heavy atom. The van der Waals surface area contributed by atoms with Crippen LogP contribution in [0.25, 0.3) is 0 Å². The molecule has 1 heterocycles. The van der Waals surface area contributed by atoms with Crippen LogP contribution >= 0.6 is 6.19 Å². The lowest BCUT2D eigenvalue weighted by atomic mass is 10.3. The van der Waals surface area contributed by atoms with Crippen molar-refractivity contribution in [3.05, 3.63) is 24.3 Å². The van der Waals surface area contributed by atoms with Gasteiger partial charge in [0, 0.05) is 32.5 Å². The van der Waals surface area contributed by atoms with Gasteiger partial charge in [0.25, 0.3) is 0 Å². The number of aliphatic imine (C=N–C) groups is 1. The molecule has 1 aromatic rings. The third-order valence-electron chi connectivity index (χ3n) is 3.23. The van der Waals surface area contributed by atoms with Crippen LogP contribution in [-0.2, 0) is 11.8 Å². The number of benzene rings is 1. The zero-order valence-electron chi connectivity index (χ0n) is 11.4. The van der Waals surface area contributed by atoms with Crippen molar-refractivity contribution in [2.24, 2.45) is 4.99 Å². The van der Waals surface area contributed by atoms with E-state index in [2.05, 4.69) is 41.6 Å². The van der Waals surface area contributed by atoms with E-state index in [1.165, 1.54) is 5.30 Å². The van der Waals surface area contributed by atoms with Gasteiger partial charge in [-0.1, -0.05) is 37.8 Å². The van der Waals surface area contributed by atoms with Gasteiger partial charge in [-0.3, -0.25) is 4.67 Å². The van der Waals surface area contributed by atoms with Crippen LogP contribution in [0.15, 0.2) is 29.3 Å². The molecule has 98 valence electrons. The second kappa shape index (κ2) is 5.12. The van der Waals surface area contributed by atoms with Crippen LogP contribution < -0.4 is 5.30 Å². The Morgan fingerprint density at radius 2 is 1.78 bits per heavy atom. The lowest BCUT2D eigenvalue weighted by Crippen LogP contribution is -2.33. The van der Waals surface area contributed by atoms with Gasteiger partial charge in [0.2, 0.25) is 0 Å². The second-order valence-electron chi connectivity index (χ2n) is 4.51. The second-order valence-corrected chi connectivity index (χ2v) is 8.69. The number of para-hydroxylation sites is 1. The molecule has 3 nitrogen and oxygen atoms in total. The minimum absolute atomic E-state index is 0.967. The van der Waals surface area contributed by atoms with E-state index in [0.717, 1.165) is 24.4 Å². The molecule has 1 aliphatic rings. The van der Waals surface area contributed by atoms with Crippen molar-refractivity contribution >= 4 is 34.6 Å². The molecule has 1 atom stereocenters. The number of fused-ring (bicyclic) bond motifs is 1. The quantitative estimate of drug-likeness (QED) is 0.794. The van der Waals surface area contributed by atoms with Crippen LogP contribution in [0.1, 0.15) is 13.8 Å². The Bertz CT molecular complexity index is 521. The van der Waals surface area contributed by atoms with Crippen molar-refractivity contribution in [1.82, 2.24) is 9.57 Å².